The van der Waals surface area contributed by atoms with Gasteiger partial charge in [0.15, 0.2) is 0 Å². The number of amides is 1. The molecule has 3 N–H and O–H groups in total. The maximum Gasteiger partial charge on any atom is 0.239 e. The number of rotatable bonds is 4. The van der Waals surface area contributed by atoms with E-state index in [9.17, 15) is 13.2 Å². The predicted octanol–water partition coefficient (Wildman–Crippen LogP) is 0.914. The van der Waals surface area contributed by atoms with E-state index in [2.05, 4.69) is 11.3 Å². The Morgan fingerprint density at radius 2 is 2.05 bits per heavy atom. The van der Waals surface area contributed by atoms with Crippen molar-refractivity contribution in [2.75, 3.05) is 0 Å². The molecule has 2 aliphatic carbocycles. The van der Waals surface area contributed by atoms with Gasteiger partial charge in [-0.15, -0.1) is 6.58 Å². The van der Waals surface area contributed by atoms with Crippen LogP contribution in [0.5, 0.6) is 0 Å². The first kappa shape index (κ1) is 14.5. The lowest BCUT2D eigenvalue weighted by molar-refractivity contribution is -0.124. The monoisotopic (exact) mass is 286 g/mol. The fraction of sp³-hybridized carbons (Fsp3) is 0.769. The van der Waals surface area contributed by atoms with Crippen molar-refractivity contribution in [3.05, 3.63) is 12.7 Å². The van der Waals surface area contributed by atoms with Gasteiger partial charge in [0.05, 0.1) is 10.7 Å². The molecule has 2 fully saturated rings. The Morgan fingerprint density at radius 1 is 1.42 bits per heavy atom. The highest BCUT2D eigenvalue weighted by atomic mass is 32.2. The fourth-order valence-electron chi connectivity index (χ4n) is 2.83. The highest BCUT2D eigenvalue weighted by Gasteiger charge is 2.55. The Bertz CT molecular complexity index is 488. The second kappa shape index (κ2) is 4.90. The summed E-state index contributed by atoms with van der Waals surface area (Å²) in [5.41, 5.74) is 5.25. The van der Waals surface area contributed by atoms with E-state index in [1.165, 1.54) is 0 Å². The number of sulfonamides is 1. The van der Waals surface area contributed by atoms with E-state index < -0.39 is 26.6 Å². The van der Waals surface area contributed by atoms with Gasteiger partial charge in [-0.1, -0.05) is 25.8 Å². The smallest absolute Gasteiger partial charge is 0.239 e. The number of allylic oxidation sites excluding steroid dienone is 1. The van der Waals surface area contributed by atoms with Gasteiger partial charge in [-0.05, 0) is 25.2 Å². The topological polar surface area (TPSA) is 89.3 Å². The molecule has 6 heteroatoms. The number of hydrogen-bond donors (Lipinski definition) is 2. The zero-order valence-electron chi connectivity index (χ0n) is 11.3. The molecule has 2 saturated carbocycles. The van der Waals surface area contributed by atoms with Gasteiger partial charge in [-0.25, -0.2) is 8.42 Å². The zero-order chi connectivity index (χ0) is 14.3. The van der Waals surface area contributed by atoms with E-state index in [1.807, 2.05) is 0 Å². The summed E-state index contributed by atoms with van der Waals surface area (Å²) >= 11 is 0. The maximum atomic E-state index is 12.2. The molecule has 0 radical (unpaired) electrons. The van der Waals surface area contributed by atoms with E-state index in [1.54, 1.807) is 13.0 Å². The Labute approximate surface area is 114 Å². The first-order valence-electron chi connectivity index (χ1n) is 6.75. The van der Waals surface area contributed by atoms with Crippen LogP contribution in [0.4, 0.5) is 0 Å². The molecule has 0 saturated heterocycles. The summed E-state index contributed by atoms with van der Waals surface area (Å²) in [6, 6.07) is -0.374. The van der Waals surface area contributed by atoms with Crippen LogP contribution in [0.1, 0.15) is 39.0 Å². The molecule has 19 heavy (non-hydrogen) atoms. The first-order chi connectivity index (χ1) is 8.81. The standard InChI is InChI=1S/C13H22N2O3S/c1-3-9-8-13(9,2)12(16)15-19(17,18)11-7-5-4-6-10(11)14/h3,9-11H,1,4-8,14H2,2H3,(H,15,16)/t9-,10?,11?,13+/m1/s1. The molecule has 0 heterocycles. The lowest BCUT2D eigenvalue weighted by Gasteiger charge is -2.28. The number of nitrogens with one attached hydrogen (secondary N) is 1. The Morgan fingerprint density at radius 3 is 2.58 bits per heavy atom. The van der Waals surface area contributed by atoms with Gasteiger partial charge in [0.25, 0.3) is 0 Å². The van der Waals surface area contributed by atoms with Crippen LogP contribution in [0.15, 0.2) is 12.7 Å². The maximum absolute atomic E-state index is 12.2. The highest BCUT2D eigenvalue weighted by Crippen LogP contribution is 2.53. The molecule has 2 rings (SSSR count). The Hall–Kier alpha value is -0.880. The Balaban J connectivity index is 2.05. The van der Waals surface area contributed by atoms with Gasteiger partial charge in [0.2, 0.25) is 15.9 Å². The average molecular weight is 286 g/mol. The van der Waals surface area contributed by atoms with Crippen molar-refractivity contribution in [3.8, 4) is 0 Å². The van der Waals surface area contributed by atoms with Crippen molar-refractivity contribution in [3.63, 3.8) is 0 Å². The molecule has 0 aromatic rings. The number of hydrogen-bond acceptors (Lipinski definition) is 4. The molecule has 2 aliphatic rings. The third kappa shape index (κ3) is 2.69. The number of nitrogens with two attached hydrogens (primary N) is 1. The quantitative estimate of drug-likeness (QED) is 0.752. The molecule has 0 aromatic heterocycles. The van der Waals surface area contributed by atoms with Crippen molar-refractivity contribution in [2.45, 2.75) is 50.3 Å². The van der Waals surface area contributed by atoms with Gasteiger partial charge in [0.1, 0.15) is 0 Å². The minimum atomic E-state index is -3.67. The van der Waals surface area contributed by atoms with Crippen molar-refractivity contribution in [1.82, 2.24) is 4.72 Å². The second-order valence-electron chi connectivity index (χ2n) is 5.93. The van der Waals surface area contributed by atoms with Gasteiger partial charge >= 0.3 is 0 Å². The number of carbonyl (C=O) groups excluding carboxylic acids is 1. The third-order valence-electron chi connectivity index (χ3n) is 4.49. The zero-order valence-corrected chi connectivity index (χ0v) is 12.1. The largest absolute Gasteiger partial charge is 0.326 e. The number of carbonyl (C=O) groups is 1. The molecule has 5 nitrogen and oxygen atoms in total. The second-order valence-corrected chi connectivity index (χ2v) is 7.83. The average Bonchev–Trinajstić information content (AvgIpc) is 3.02. The van der Waals surface area contributed by atoms with Crippen LogP contribution in [0.2, 0.25) is 0 Å². The van der Waals surface area contributed by atoms with E-state index in [4.69, 9.17) is 5.73 Å². The Kier molecular flexibility index (Phi) is 3.75. The molecule has 4 atom stereocenters. The molecule has 108 valence electrons. The van der Waals surface area contributed by atoms with Gasteiger partial charge in [-0.3, -0.25) is 9.52 Å². The van der Waals surface area contributed by atoms with Crippen molar-refractivity contribution in [2.24, 2.45) is 17.1 Å². The lowest BCUT2D eigenvalue weighted by Crippen LogP contribution is -2.50. The fourth-order valence-corrected chi connectivity index (χ4v) is 4.55. The predicted molar refractivity (Wildman–Crippen MR) is 73.7 cm³/mol. The summed E-state index contributed by atoms with van der Waals surface area (Å²) in [5, 5.41) is -0.644. The summed E-state index contributed by atoms with van der Waals surface area (Å²) < 4.78 is 26.7. The molecule has 1 amide bonds. The molecular formula is C13H22N2O3S. The van der Waals surface area contributed by atoms with E-state index in [-0.39, 0.29) is 12.0 Å². The van der Waals surface area contributed by atoms with Crippen molar-refractivity contribution >= 4 is 15.9 Å². The van der Waals surface area contributed by atoms with Crippen LogP contribution in [0, 0.1) is 11.3 Å². The highest BCUT2D eigenvalue weighted by molar-refractivity contribution is 7.90. The lowest BCUT2D eigenvalue weighted by atomic mass is 9.96. The summed E-state index contributed by atoms with van der Waals surface area (Å²) in [5.74, 6) is -0.349. The third-order valence-corrected chi connectivity index (χ3v) is 6.34. The van der Waals surface area contributed by atoms with Gasteiger partial charge in [-0.2, -0.15) is 0 Å². The van der Waals surface area contributed by atoms with Crippen LogP contribution in [-0.2, 0) is 14.8 Å². The molecule has 2 unspecified atom stereocenters. The van der Waals surface area contributed by atoms with Crippen LogP contribution >= 0.6 is 0 Å². The van der Waals surface area contributed by atoms with Crippen molar-refractivity contribution in [1.29, 1.82) is 0 Å². The molecular weight excluding hydrogens is 264 g/mol. The van der Waals surface area contributed by atoms with Crippen LogP contribution < -0.4 is 10.5 Å². The van der Waals surface area contributed by atoms with Crippen LogP contribution in [0.3, 0.4) is 0 Å². The van der Waals surface area contributed by atoms with E-state index in [0.717, 1.165) is 12.8 Å². The van der Waals surface area contributed by atoms with Crippen LogP contribution in [0.25, 0.3) is 0 Å². The van der Waals surface area contributed by atoms with Gasteiger partial charge in [0, 0.05) is 6.04 Å². The summed E-state index contributed by atoms with van der Waals surface area (Å²) in [6.07, 6.45) is 5.40. The van der Waals surface area contributed by atoms with Crippen LogP contribution in [-0.4, -0.2) is 25.6 Å². The first-order valence-corrected chi connectivity index (χ1v) is 8.30. The molecule has 0 aromatic carbocycles. The van der Waals surface area contributed by atoms with Gasteiger partial charge < -0.3 is 5.73 Å². The van der Waals surface area contributed by atoms with Crippen molar-refractivity contribution < 1.29 is 13.2 Å². The normalized spacial score (nSPS) is 38.5. The summed E-state index contributed by atoms with van der Waals surface area (Å²) in [7, 11) is -3.67. The van der Waals surface area contributed by atoms with E-state index >= 15 is 0 Å². The molecule has 0 aliphatic heterocycles. The van der Waals surface area contributed by atoms with E-state index in [0.29, 0.717) is 19.3 Å². The summed E-state index contributed by atoms with van der Waals surface area (Å²) in [4.78, 5) is 12.1. The summed E-state index contributed by atoms with van der Waals surface area (Å²) in [6.45, 7) is 5.42. The minimum absolute atomic E-state index is 0.0720. The molecule has 0 spiro atoms. The SMILES string of the molecule is C=C[C@@H]1C[C@]1(C)C(=O)NS(=O)(=O)C1CCCCC1N. The minimum Gasteiger partial charge on any atom is -0.326 e. The molecule has 0 bridgehead atoms.